The van der Waals surface area contributed by atoms with Gasteiger partial charge >= 0.3 is 0 Å². The van der Waals surface area contributed by atoms with Crippen molar-refractivity contribution in [1.29, 1.82) is 0 Å². The Morgan fingerprint density at radius 2 is 1.85 bits per heavy atom. The number of carbonyl (C=O) groups is 2. The summed E-state index contributed by atoms with van der Waals surface area (Å²) in [6.07, 6.45) is 1.41. The first-order valence-electron chi connectivity index (χ1n) is 12.9. The van der Waals surface area contributed by atoms with Gasteiger partial charge in [0.15, 0.2) is 11.4 Å². The van der Waals surface area contributed by atoms with Crippen molar-refractivity contribution in [3.63, 3.8) is 0 Å². The van der Waals surface area contributed by atoms with Gasteiger partial charge in [0.05, 0.1) is 6.04 Å². The molecule has 8 nitrogen and oxygen atoms in total. The normalized spacial score (nSPS) is 17.1. The van der Waals surface area contributed by atoms with Gasteiger partial charge in [-0.25, -0.2) is 8.78 Å². The molecule has 2 aliphatic rings. The maximum atomic E-state index is 14.1. The lowest BCUT2D eigenvalue weighted by atomic mass is 10.1. The minimum atomic E-state index is -0.803. The van der Waals surface area contributed by atoms with E-state index in [4.69, 9.17) is 4.74 Å². The molecule has 0 saturated carbocycles. The number of ether oxygens (including phenoxy) is 1. The molecule has 1 unspecified atom stereocenters. The summed E-state index contributed by atoms with van der Waals surface area (Å²) in [6, 6.07) is 12.3. The first kappa shape index (κ1) is 26.6. The minimum absolute atomic E-state index is 0.0327. The fourth-order valence-corrected chi connectivity index (χ4v) is 5.06. The second-order valence-electron chi connectivity index (χ2n) is 10.1. The SMILES string of the molecule is CC(C)N1CCN2CC(C1)n1cc(C(=O)NCc3ccc(F)cc3F)c(=O)c(OCc3ccccc3)c1C2=O. The molecule has 0 aliphatic carbocycles. The van der Waals surface area contributed by atoms with Gasteiger partial charge < -0.3 is 19.5 Å². The van der Waals surface area contributed by atoms with Gasteiger partial charge in [0.25, 0.3) is 11.8 Å². The fraction of sp³-hybridized carbons (Fsp3) is 0.345. The summed E-state index contributed by atoms with van der Waals surface area (Å²) in [7, 11) is 0. The number of benzene rings is 2. The number of nitrogens with one attached hydrogen (secondary N) is 1. The number of rotatable bonds is 7. The Kier molecular flexibility index (Phi) is 7.47. The van der Waals surface area contributed by atoms with E-state index in [0.717, 1.165) is 17.7 Å². The third-order valence-corrected chi connectivity index (χ3v) is 7.26. The predicted molar refractivity (Wildman–Crippen MR) is 141 cm³/mol. The molecular weight excluding hydrogens is 506 g/mol. The molecule has 0 spiro atoms. The average molecular weight is 537 g/mol. The van der Waals surface area contributed by atoms with Gasteiger partial charge in [-0.3, -0.25) is 19.3 Å². The maximum absolute atomic E-state index is 14.1. The largest absolute Gasteiger partial charge is 0.483 e. The molecule has 2 bridgehead atoms. The zero-order chi connectivity index (χ0) is 27.7. The highest BCUT2D eigenvalue weighted by Crippen LogP contribution is 2.30. The summed E-state index contributed by atoms with van der Waals surface area (Å²) < 4.78 is 35.1. The highest BCUT2D eigenvalue weighted by molar-refractivity contribution is 5.99. The van der Waals surface area contributed by atoms with Gasteiger partial charge in [-0.15, -0.1) is 0 Å². The van der Waals surface area contributed by atoms with E-state index < -0.39 is 23.0 Å². The monoisotopic (exact) mass is 536 g/mol. The average Bonchev–Trinajstić information content (AvgIpc) is 3.12. The van der Waals surface area contributed by atoms with E-state index in [0.29, 0.717) is 26.2 Å². The lowest BCUT2D eigenvalue weighted by molar-refractivity contribution is 0.0682. The van der Waals surface area contributed by atoms with Gasteiger partial charge in [-0.2, -0.15) is 0 Å². The number of halogens is 2. The number of aromatic nitrogens is 1. The molecule has 2 aromatic carbocycles. The Bertz CT molecular complexity index is 1460. The van der Waals surface area contributed by atoms with Crippen molar-refractivity contribution in [3.05, 3.63) is 99.0 Å². The van der Waals surface area contributed by atoms with Crippen LogP contribution in [0.4, 0.5) is 8.78 Å². The van der Waals surface area contributed by atoms with Crippen molar-refractivity contribution >= 4 is 11.8 Å². The molecule has 2 aliphatic heterocycles. The first-order chi connectivity index (χ1) is 18.7. The van der Waals surface area contributed by atoms with Crippen LogP contribution in [-0.4, -0.2) is 58.4 Å². The van der Waals surface area contributed by atoms with E-state index in [9.17, 15) is 23.2 Å². The van der Waals surface area contributed by atoms with Gasteiger partial charge in [0.2, 0.25) is 5.43 Å². The van der Waals surface area contributed by atoms with Crippen LogP contribution >= 0.6 is 0 Å². The highest BCUT2D eigenvalue weighted by Gasteiger charge is 2.39. The molecule has 1 N–H and O–H groups in total. The molecule has 1 fully saturated rings. The molecule has 39 heavy (non-hydrogen) atoms. The number of hydrogen-bond acceptors (Lipinski definition) is 5. The summed E-state index contributed by atoms with van der Waals surface area (Å²) in [5.41, 5.74) is 0.0581. The van der Waals surface area contributed by atoms with Crippen LogP contribution in [0.1, 0.15) is 51.9 Å². The number of hydrogen-bond donors (Lipinski definition) is 1. The molecule has 3 aromatic rings. The van der Waals surface area contributed by atoms with Crippen LogP contribution in [0.15, 0.2) is 59.5 Å². The summed E-state index contributed by atoms with van der Waals surface area (Å²) in [4.78, 5) is 44.5. The molecule has 10 heteroatoms. The van der Waals surface area contributed by atoms with Crippen LogP contribution in [-0.2, 0) is 13.2 Å². The standard InChI is InChI=1S/C29H30F2N4O4/c1-18(2)33-10-11-34-15-22(14-33)35-16-23(28(37)32-13-20-8-9-21(30)12-24(20)31)26(36)27(25(35)29(34)38)39-17-19-6-4-3-5-7-19/h3-9,12,16,18,22H,10-11,13-15,17H2,1-2H3,(H,32,37). The zero-order valence-corrected chi connectivity index (χ0v) is 21.8. The van der Waals surface area contributed by atoms with Crippen LogP contribution in [0.5, 0.6) is 5.75 Å². The van der Waals surface area contributed by atoms with Crippen LogP contribution in [0.2, 0.25) is 0 Å². The van der Waals surface area contributed by atoms with Crippen molar-refractivity contribution in [1.82, 2.24) is 19.7 Å². The molecule has 1 saturated heterocycles. The third kappa shape index (κ3) is 5.42. The quantitative estimate of drug-likeness (QED) is 0.501. The second-order valence-corrected chi connectivity index (χ2v) is 10.1. The lowest BCUT2D eigenvalue weighted by Crippen LogP contribution is -2.46. The number of pyridine rings is 1. The fourth-order valence-electron chi connectivity index (χ4n) is 5.06. The van der Waals surface area contributed by atoms with Gasteiger partial charge in [0.1, 0.15) is 23.8 Å². The van der Waals surface area contributed by atoms with E-state index >= 15 is 0 Å². The first-order valence-corrected chi connectivity index (χ1v) is 12.9. The summed E-state index contributed by atoms with van der Waals surface area (Å²) >= 11 is 0. The molecule has 2 amide bonds. The van der Waals surface area contributed by atoms with Crippen molar-refractivity contribution in [3.8, 4) is 5.75 Å². The topological polar surface area (TPSA) is 83.9 Å². The second kappa shape index (κ2) is 11.0. The van der Waals surface area contributed by atoms with Gasteiger partial charge in [-0.1, -0.05) is 36.4 Å². The van der Waals surface area contributed by atoms with Crippen LogP contribution in [0, 0.1) is 11.6 Å². The Morgan fingerprint density at radius 3 is 2.56 bits per heavy atom. The summed E-state index contributed by atoms with van der Waals surface area (Å²) in [6.45, 7) is 6.23. The van der Waals surface area contributed by atoms with E-state index in [1.807, 2.05) is 30.3 Å². The predicted octanol–water partition coefficient (Wildman–Crippen LogP) is 3.36. The zero-order valence-electron chi connectivity index (χ0n) is 21.8. The molecular formula is C29H30F2N4O4. The van der Waals surface area contributed by atoms with E-state index in [1.54, 1.807) is 9.47 Å². The summed E-state index contributed by atoms with van der Waals surface area (Å²) in [5, 5.41) is 2.55. The van der Waals surface area contributed by atoms with Gasteiger partial charge in [0, 0.05) is 56.6 Å². The molecule has 204 valence electrons. The van der Waals surface area contributed by atoms with Crippen molar-refractivity contribution in [2.24, 2.45) is 0 Å². The van der Waals surface area contributed by atoms with Crippen LogP contribution < -0.4 is 15.5 Å². The van der Waals surface area contributed by atoms with Crippen molar-refractivity contribution in [2.45, 2.75) is 39.1 Å². The number of fused-ring (bicyclic) bond motifs is 4. The Hall–Kier alpha value is -4.05. The Labute approximate surface area is 224 Å². The van der Waals surface area contributed by atoms with Gasteiger partial charge in [-0.05, 0) is 25.5 Å². The van der Waals surface area contributed by atoms with E-state index in [-0.39, 0.29) is 53.7 Å². The van der Waals surface area contributed by atoms with Crippen LogP contribution in [0.3, 0.4) is 0 Å². The number of nitrogens with zero attached hydrogens (tertiary/aromatic N) is 3. The third-order valence-electron chi connectivity index (χ3n) is 7.26. The van der Waals surface area contributed by atoms with E-state index in [1.165, 1.54) is 12.3 Å². The minimum Gasteiger partial charge on any atom is -0.483 e. The molecule has 1 aromatic heterocycles. The number of carbonyl (C=O) groups excluding carboxylic acids is 2. The Morgan fingerprint density at radius 1 is 1.08 bits per heavy atom. The van der Waals surface area contributed by atoms with E-state index in [2.05, 4.69) is 24.1 Å². The lowest BCUT2D eigenvalue weighted by Gasteiger charge is -2.35. The van der Waals surface area contributed by atoms with Crippen molar-refractivity contribution in [2.75, 3.05) is 26.2 Å². The highest BCUT2D eigenvalue weighted by atomic mass is 19.1. The molecule has 3 heterocycles. The smallest absolute Gasteiger partial charge is 0.274 e. The molecule has 5 rings (SSSR count). The van der Waals surface area contributed by atoms with Crippen LogP contribution in [0.25, 0.3) is 0 Å². The van der Waals surface area contributed by atoms with Crippen molar-refractivity contribution < 1.29 is 23.1 Å². The molecule has 0 radical (unpaired) electrons. The Balaban J connectivity index is 1.54. The summed E-state index contributed by atoms with van der Waals surface area (Å²) in [5.74, 6) is -2.78. The maximum Gasteiger partial charge on any atom is 0.274 e. The molecule has 1 atom stereocenters. The number of amides is 2.